The molecule has 0 bridgehead atoms. The summed E-state index contributed by atoms with van der Waals surface area (Å²) in [6, 6.07) is 4.60. The predicted octanol–water partition coefficient (Wildman–Crippen LogP) is 3.03. The van der Waals surface area contributed by atoms with Crippen LogP contribution in [0.2, 0.25) is 0 Å². The molecule has 1 aliphatic rings. The topological polar surface area (TPSA) is 67.4 Å². The molecule has 0 radical (unpaired) electrons. The molecule has 2 N–H and O–H groups in total. The zero-order chi connectivity index (χ0) is 21.1. The van der Waals surface area contributed by atoms with Crippen molar-refractivity contribution in [1.82, 2.24) is 15.5 Å². The highest BCUT2D eigenvalue weighted by molar-refractivity contribution is 5.79. The molecule has 1 aliphatic heterocycles. The molecule has 0 aliphatic carbocycles. The SMILES string of the molecule is CCNC(=NCc1cc(OC)c(OC)c(OC)c1)NCCN1CCCCC1CC. The van der Waals surface area contributed by atoms with Gasteiger partial charge in [-0.1, -0.05) is 13.3 Å². The number of methoxy groups -OCH3 is 3. The van der Waals surface area contributed by atoms with E-state index < -0.39 is 0 Å². The molecule has 7 nitrogen and oxygen atoms in total. The average molecular weight is 407 g/mol. The van der Waals surface area contributed by atoms with Gasteiger partial charge in [-0.15, -0.1) is 0 Å². The van der Waals surface area contributed by atoms with Crippen LogP contribution in [0.25, 0.3) is 0 Å². The van der Waals surface area contributed by atoms with Crippen molar-refractivity contribution in [3.63, 3.8) is 0 Å². The molecule has 0 spiro atoms. The first-order valence-electron chi connectivity index (χ1n) is 10.7. The quantitative estimate of drug-likeness (QED) is 0.460. The lowest BCUT2D eigenvalue weighted by Crippen LogP contribution is -2.45. The molecule has 1 saturated heterocycles. The van der Waals surface area contributed by atoms with Crippen LogP contribution in [0.15, 0.2) is 17.1 Å². The molecule has 0 aromatic heterocycles. The van der Waals surface area contributed by atoms with Gasteiger partial charge in [-0.05, 0) is 50.4 Å². The molecule has 1 atom stereocenters. The summed E-state index contributed by atoms with van der Waals surface area (Å²) < 4.78 is 16.3. The molecule has 7 heteroatoms. The van der Waals surface area contributed by atoms with E-state index in [1.165, 1.54) is 32.2 Å². The number of hydrogen-bond donors (Lipinski definition) is 2. The summed E-state index contributed by atoms with van der Waals surface area (Å²) in [6.45, 7) is 8.85. The van der Waals surface area contributed by atoms with E-state index in [-0.39, 0.29) is 0 Å². The van der Waals surface area contributed by atoms with Crippen LogP contribution in [0.5, 0.6) is 17.2 Å². The van der Waals surface area contributed by atoms with Gasteiger partial charge in [0.25, 0.3) is 0 Å². The number of nitrogens with one attached hydrogen (secondary N) is 2. The van der Waals surface area contributed by atoms with Crippen LogP contribution >= 0.6 is 0 Å². The highest BCUT2D eigenvalue weighted by Gasteiger charge is 2.20. The van der Waals surface area contributed by atoms with Crippen molar-refractivity contribution in [2.75, 3.05) is 47.5 Å². The van der Waals surface area contributed by atoms with E-state index in [1.807, 2.05) is 12.1 Å². The van der Waals surface area contributed by atoms with Crippen LogP contribution in [-0.4, -0.2) is 64.4 Å². The molecule has 1 fully saturated rings. The fourth-order valence-electron chi connectivity index (χ4n) is 3.87. The number of likely N-dealkylation sites (tertiary alicyclic amines) is 1. The summed E-state index contributed by atoms with van der Waals surface area (Å²) in [5.74, 6) is 2.71. The molecule has 1 unspecified atom stereocenters. The van der Waals surface area contributed by atoms with E-state index in [0.717, 1.165) is 37.2 Å². The van der Waals surface area contributed by atoms with Crippen LogP contribution in [0.3, 0.4) is 0 Å². The van der Waals surface area contributed by atoms with Gasteiger partial charge in [0.15, 0.2) is 17.5 Å². The van der Waals surface area contributed by atoms with Crippen LogP contribution in [-0.2, 0) is 6.54 Å². The van der Waals surface area contributed by atoms with E-state index in [0.29, 0.717) is 23.8 Å². The van der Waals surface area contributed by atoms with Gasteiger partial charge in [-0.25, -0.2) is 4.99 Å². The number of rotatable bonds is 10. The fourth-order valence-corrected chi connectivity index (χ4v) is 3.87. The van der Waals surface area contributed by atoms with Gasteiger partial charge in [0, 0.05) is 25.7 Å². The van der Waals surface area contributed by atoms with Crippen molar-refractivity contribution in [3.8, 4) is 17.2 Å². The number of hydrogen-bond acceptors (Lipinski definition) is 5. The maximum atomic E-state index is 5.44. The fraction of sp³-hybridized carbons (Fsp3) is 0.682. The Balaban J connectivity index is 1.99. The highest BCUT2D eigenvalue weighted by Crippen LogP contribution is 2.38. The highest BCUT2D eigenvalue weighted by atomic mass is 16.5. The Hall–Kier alpha value is -2.15. The molecule has 1 aromatic rings. The maximum absolute atomic E-state index is 5.44. The van der Waals surface area contributed by atoms with Crippen LogP contribution < -0.4 is 24.8 Å². The minimum absolute atomic E-state index is 0.521. The predicted molar refractivity (Wildman–Crippen MR) is 118 cm³/mol. The molecular weight excluding hydrogens is 368 g/mol. The van der Waals surface area contributed by atoms with E-state index in [9.17, 15) is 0 Å². The summed E-state index contributed by atoms with van der Waals surface area (Å²) in [4.78, 5) is 7.35. The third-order valence-electron chi connectivity index (χ3n) is 5.40. The summed E-state index contributed by atoms with van der Waals surface area (Å²) in [5.41, 5.74) is 0.999. The third kappa shape index (κ3) is 6.70. The largest absolute Gasteiger partial charge is 0.493 e. The molecule has 0 amide bonds. The Kier molecular flexibility index (Phi) is 9.91. The second kappa shape index (κ2) is 12.4. The minimum Gasteiger partial charge on any atom is -0.493 e. The zero-order valence-corrected chi connectivity index (χ0v) is 18.7. The Labute approximate surface area is 175 Å². The lowest BCUT2D eigenvalue weighted by molar-refractivity contribution is 0.147. The second-order valence-corrected chi connectivity index (χ2v) is 7.25. The van der Waals surface area contributed by atoms with Gasteiger partial charge in [0.05, 0.1) is 27.9 Å². The third-order valence-corrected chi connectivity index (χ3v) is 5.40. The summed E-state index contributed by atoms with van der Waals surface area (Å²) in [6.07, 6.45) is 5.23. The van der Waals surface area contributed by atoms with Gasteiger partial charge in [0.2, 0.25) is 5.75 Å². The first kappa shape index (κ1) is 23.1. The van der Waals surface area contributed by atoms with Crippen LogP contribution in [0.1, 0.15) is 45.1 Å². The van der Waals surface area contributed by atoms with E-state index in [4.69, 9.17) is 19.2 Å². The number of piperidine rings is 1. The first-order valence-corrected chi connectivity index (χ1v) is 10.7. The molecule has 29 heavy (non-hydrogen) atoms. The summed E-state index contributed by atoms with van der Waals surface area (Å²) >= 11 is 0. The Morgan fingerprint density at radius 3 is 2.38 bits per heavy atom. The lowest BCUT2D eigenvalue weighted by atomic mass is 10.0. The number of ether oxygens (including phenoxy) is 3. The summed E-state index contributed by atoms with van der Waals surface area (Å²) in [7, 11) is 4.86. The van der Waals surface area contributed by atoms with E-state index in [2.05, 4.69) is 29.4 Å². The number of guanidine groups is 1. The Bertz CT molecular complexity index is 626. The van der Waals surface area contributed by atoms with Gasteiger partial charge in [-0.2, -0.15) is 0 Å². The Morgan fingerprint density at radius 2 is 1.79 bits per heavy atom. The zero-order valence-electron chi connectivity index (χ0n) is 18.7. The van der Waals surface area contributed by atoms with Crippen molar-refractivity contribution in [3.05, 3.63) is 17.7 Å². The number of nitrogens with zero attached hydrogens (tertiary/aromatic N) is 2. The molecule has 1 heterocycles. The normalized spacial score (nSPS) is 17.7. The van der Waals surface area contributed by atoms with Crippen molar-refractivity contribution >= 4 is 5.96 Å². The number of aliphatic imine (C=N–C) groups is 1. The lowest BCUT2D eigenvalue weighted by Gasteiger charge is -2.35. The van der Waals surface area contributed by atoms with Crippen molar-refractivity contribution in [1.29, 1.82) is 0 Å². The average Bonchev–Trinajstić information content (AvgIpc) is 2.76. The molecule has 2 rings (SSSR count). The second-order valence-electron chi connectivity index (χ2n) is 7.25. The van der Waals surface area contributed by atoms with Crippen molar-refractivity contribution in [2.45, 2.75) is 52.1 Å². The van der Waals surface area contributed by atoms with Crippen molar-refractivity contribution < 1.29 is 14.2 Å². The van der Waals surface area contributed by atoms with E-state index >= 15 is 0 Å². The Morgan fingerprint density at radius 1 is 1.07 bits per heavy atom. The monoisotopic (exact) mass is 406 g/mol. The van der Waals surface area contributed by atoms with E-state index in [1.54, 1.807) is 21.3 Å². The summed E-state index contributed by atoms with van der Waals surface area (Å²) in [5, 5.41) is 6.80. The van der Waals surface area contributed by atoms with Gasteiger partial charge in [0.1, 0.15) is 0 Å². The van der Waals surface area contributed by atoms with Crippen LogP contribution in [0.4, 0.5) is 0 Å². The smallest absolute Gasteiger partial charge is 0.203 e. The molecule has 164 valence electrons. The number of benzene rings is 1. The molecular formula is C22H38N4O3. The minimum atomic E-state index is 0.521. The molecule has 0 saturated carbocycles. The standard InChI is InChI=1S/C22H38N4O3/c1-6-18-10-8-9-12-26(18)13-11-24-22(23-7-2)25-16-17-14-19(27-3)21(29-5)20(15-17)28-4/h14-15,18H,6-13,16H2,1-5H3,(H2,23,24,25). The maximum Gasteiger partial charge on any atom is 0.203 e. The van der Waals surface area contributed by atoms with Gasteiger partial charge < -0.3 is 24.8 Å². The van der Waals surface area contributed by atoms with Gasteiger partial charge >= 0.3 is 0 Å². The van der Waals surface area contributed by atoms with Crippen molar-refractivity contribution in [2.24, 2.45) is 4.99 Å². The first-order chi connectivity index (χ1) is 14.2. The van der Waals surface area contributed by atoms with Crippen LogP contribution in [0, 0.1) is 0 Å². The molecule has 1 aromatic carbocycles. The van der Waals surface area contributed by atoms with Gasteiger partial charge in [-0.3, -0.25) is 4.90 Å².